The number of hydrogen-bond donors (Lipinski definition) is 1. The monoisotopic (exact) mass is 258 g/mol. The van der Waals surface area contributed by atoms with E-state index in [4.69, 9.17) is 4.74 Å². The molecule has 1 N–H and O–H groups in total. The van der Waals surface area contributed by atoms with Crippen molar-refractivity contribution in [2.24, 2.45) is 0 Å². The van der Waals surface area contributed by atoms with E-state index in [0.717, 1.165) is 32.1 Å². The van der Waals surface area contributed by atoms with Gasteiger partial charge in [-0.05, 0) is 6.07 Å². The quantitative estimate of drug-likeness (QED) is 0.804. The van der Waals surface area contributed by atoms with Gasteiger partial charge in [-0.3, -0.25) is 4.34 Å². The molecule has 0 aliphatic carbocycles. The lowest BCUT2D eigenvalue weighted by atomic mass is 10.4. The Morgan fingerprint density at radius 2 is 2.21 bits per heavy atom. The van der Waals surface area contributed by atoms with Crippen LogP contribution in [0.1, 0.15) is 0 Å². The van der Waals surface area contributed by atoms with Gasteiger partial charge in [0.05, 0.1) is 13.2 Å². The Kier molecular flexibility index (Phi) is 3.15. The van der Waals surface area contributed by atoms with Gasteiger partial charge in [0, 0.05) is 35.4 Å². The van der Waals surface area contributed by atoms with Crippen LogP contribution in [0.15, 0.2) is 12.3 Å². The van der Waals surface area contributed by atoms with Crippen LogP contribution in [0.25, 0.3) is 0 Å². The van der Waals surface area contributed by atoms with E-state index in [0.29, 0.717) is 5.95 Å². The zero-order valence-electron chi connectivity index (χ0n) is 7.61. The Hall–Kier alpha value is -0.880. The molecule has 0 saturated carbocycles. The van der Waals surface area contributed by atoms with Crippen LogP contribution in [-0.4, -0.2) is 36.3 Å². The van der Waals surface area contributed by atoms with Crippen LogP contribution < -0.4 is 9.24 Å². The van der Waals surface area contributed by atoms with E-state index < -0.39 is 0 Å². The van der Waals surface area contributed by atoms with Crippen molar-refractivity contribution in [3.63, 3.8) is 0 Å². The molecule has 6 heteroatoms. The molecule has 0 aromatic carbocycles. The number of nitrogens with zero attached hydrogens (tertiary/aromatic N) is 3. The number of aromatic nitrogens is 2. The summed E-state index contributed by atoms with van der Waals surface area (Å²) in [5, 5.41) is 0. The van der Waals surface area contributed by atoms with E-state index in [-0.39, 0.29) is 0 Å². The van der Waals surface area contributed by atoms with Crippen LogP contribution >= 0.6 is 16.1 Å². The lowest BCUT2D eigenvalue weighted by molar-refractivity contribution is 0.122. The molecule has 0 bridgehead atoms. The van der Waals surface area contributed by atoms with E-state index in [2.05, 4.69) is 35.4 Å². The van der Waals surface area contributed by atoms with Gasteiger partial charge in [0.2, 0.25) is 5.95 Å². The fourth-order valence-electron chi connectivity index (χ4n) is 1.36. The van der Waals surface area contributed by atoms with E-state index in [1.165, 1.54) is 0 Å². The van der Waals surface area contributed by atoms with Crippen molar-refractivity contribution in [2.75, 3.05) is 35.5 Å². The van der Waals surface area contributed by atoms with Crippen LogP contribution in [0.5, 0.6) is 0 Å². The van der Waals surface area contributed by atoms with Gasteiger partial charge in [0.1, 0.15) is 5.82 Å². The molecule has 0 atom stereocenters. The Labute approximate surface area is 90.8 Å². The normalized spacial score (nSPS) is 16.8. The molecule has 2 rings (SSSR count). The molecule has 0 radical (unpaired) electrons. The maximum Gasteiger partial charge on any atom is 0.234 e. The van der Waals surface area contributed by atoms with Gasteiger partial charge in [-0.1, -0.05) is 0 Å². The van der Waals surface area contributed by atoms with Crippen LogP contribution in [0.2, 0.25) is 0 Å². The van der Waals surface area contributed by atoms with Gasteiger partial charge >= 0.3 is 0 Å². The first-order chi connectivity index (χ1) is 6.90. The average Bonchev–Trinajstić information content (AvgIpc) is 2.30. The third-order valence-electron chi connectivity index (χ3n) is 2.06. The summed E-state index contributed by atoms with van der Waals surface area (Å²) in [6.07, 6.45) is 1.74. The summed E-state index contributed by atoms with van der Waals surface area (Å²) >= 11 is 3.10. The number of halogens is 1. The Morgan fingerprint density at radius 1 is 1.43 bits per heavy atom. The molecular weight excluding hydrogens is 248 g/mol. The number of anilines is 2. The van der Waals surface area contributed by atoms with Crippen LogP contribution in [-0.2, 0) is 4.74 Å². The first kappa shape index (κ1) is 9.67. The maximum atomic E-state index is 5.27. The number of hydrogen-bond acceptors (Lipinski definition) is 5. The van der Waals surface area contributed by atoms with Gasteiger partial charge < -0.3 is 9.64 Å². The first-order valence-electron chi connectivity index (χ1n) is 4.42. The second-order valence-corrected chi connectivity index (χ2v) is 3.33. The lowest BCUT2D eigenvalue weighted by Gasteiger charge is -2.27. The summed E-state index contributed by atoms with van der Waals surface area (Å²) in [5.74, 6) is 1.51. The fourth-order valence-corrected chi connectivity index (χ4v) is 1.55. The second kappa shape index (κ2) is 4.56. The minimum Gasteiger partial charge on any atom is -0.378 e. The van der Waals surface area contributed by atoms with Gasteiger partial charge in [-0.2, -0.15) is 4.98 Å². The predicted molar refractivity (Wildman–Crippen MR) is 57.6 cm³/mol. The molecule has 1 saturated heterocycles. The number of nitrogens with one attached hydrogen (secondary N) is 1. The highest BCUT2D eigenvalue weighted by Gasteiger charge is 2.12. The first-order valence-corrected chi connectivity index (χ1v) is 5.22. The standard InChI is InChI=1S/C8H11BrN4O/c9-12-8-10-2-1-7(11-8)13-3-5-14-6-4-13/h1-2H,3-6H2,(H,10,11,12). The molecule has 1 fully saturated rings. The van der Waals surface area contributed by atoms with Crippen molar-refractivity contribution in [2.45, 2.75) is 0 Å². The molecule has 1 aromatic rings. The molecule has 1 aromatic heterocycles. The molecular formula is C8H11BrN4O. The lowest BCUT2D eigenvalue weighted by Crippen LogP contribution is -2.36. The van der Waals surface area contributed by atoms with Crippen molar-refractivity contribution in [3.05, 3.63) is 12.3 Å². The van der Waals surface area contributed by atoms with Gasteiger partial charge in [-0.15, -0.1) is 0 Å². The minimum atomic E-state index is 0.578. The van der Waals surface area contributed by atoms with Crippen molar-refractivity contribution >= 4 is 27.9 Å². The largest absolute Gasteiger partial charge is 0.378 e. The molecule has 1 aliphatic rings. The SMILES string of the molecule is BrNc1nccc(N2CCOCC2)n1. The Morgan fingerprint density at radius 3 is 2.93 bits per heavy atom. The van der Waals surface area contributed by atoms with E-state index >= 15 is 0 Å². The third-order valence-corrected chi connectivity index (χ3v) is 2.42. The molecule has 0 amide bonds. The van der Waals surface area contributed by atoms with E-state index in [9.17, 15) is 0 Å². The molecule has 0 spiro atoms. The summed E-state index contributed by atoms with van der Waals surface area (Å²) in [7, 11) is 0. The van der Waals surface area contributed by atoms with Crippen LogP contribution in [0, 0.1) is 0 Å². The highest BCUT2D eigenvalue weighted by Crippen LogP contribution is 2.13. The predicted octanol–water partition coefficient (Wildman–Crippen LogP) is 1.03. The smallest absolute Gasteiger partial charge is 0.234 e. The summed E-state index contributed by atoms with van der Waals surface area (Å²) in [6.45, 7) is 3.31. The molecule has 76 valence electrons. The van der Waals surface area contributed by atoms with Crippen molar-refractivity contribution in [1.82, 2.24) is 9.97 Å². The van der Waals surface area contributed by atoms with Crippen LogP contribution in [0.3, 0.4) is 0 Å². The summed E-state index contributed by atoms with van der Waals surface area (Å²) in [5.41, 5.74) is 0. The maximum absolute atomic E-state index is 5.27. The number of rotatable bonds is 2. The zero-order chi connectivity index (χ0) is 9.80. The van der Waals surface area contributed by atoms with Gasteiger partial charge in [0.15, 0.2) is 0 Å². The summed E-state index contributed by atoms with van der Waals surface area (Å²) in [4.78, 5) is 10.5. The second-order valence-electron chi connectivity index (χ2n) is 2.93. The highest BCUT2D eigenvalue weighted by atomic mass is 79.9. The average molecular weight is 259 g/mol. The fraction of sp³-hybridized carbons (Fsp3) is 0.500. The van der Waals surface area contributed by atoms with E-state index in [1.54, 1.807) is 6.20 Å². The van der Waals surface area contributed by atoms with E-state index in [1.807, 2.05) is 6.07 Å². The Balaban J connectivity index is 2.13. The minimum absolute atomic E-state index is 0.578. The summed E-state index contributed by atoms with van der Waals surface area (Å²) < 4.78 is 8.01. The van der Waals surface area contributed by atoms with Crippen molar-refractivity contribution < 1.29 is 4.74 Å². The molecule has 1 aliphatic heterocycles. The zero-order valence-corrected chi connectivity index (χ0v) is 9.20. The molecule has 2 heterocycles. The topological polar surface area (TPSA) is 50.3 Å². The van der Waals surface area contributed by atoms with Crippen LogP contribution in [0.4, 0.5) is 11.8 Å². The number of morpholine rings is 1. The molecule has 5 nitrogen and oxygen atoms in total. The van der Waals surface area contributed by atoms with Gasteiger partial charge in [0.25, 0.3) is 0 Å². The molecule has 0 unspecified atom stereocenters. The highest BCUT2D eigenvalue weighted by molar-refractivity contribution is 9.10. The third kappa shape index (κ3) is 2.13. The molecule has 14 heavy (non-hydrogen) atoms. The number of ether oxygens (including phenoxy) is 1. The van der Waals surface area contributed by atoms with Gasteiger partial charge in [-0.25, -0.2) is 4.98 Å². The summed E-state index contributed by atoms with van der Waals surface area (Å²) in [6, 6.07) is 1.90. The Bertz CT molecular complexity index is 303. The van der Waals surface area contributed by atoms with Crippen molar-refractivity contribution in [1.29, 1.82) is 0 Å². The van der Waals surface area contributed by atoms with Crippen molar-refractivity contribution in [3.8, 4) is 0 Å².